The first-order valence-electron chi connectivity index (χ1n) is 5.22. The minimum absolute atomic E-state index is 0.131. The zero-order valence-corrected chi connectivity index (χ0v) is 9.06. The molecule has 2 N–H and O–H groups in total. The second kappa shape index (κ2) is 4.44. The summed E-state index contributed by atoms with van der Waals surface area (Å²) >= 11 is 0. The summed E-state index contributed by atoms with van der Waals surface area (Å²) in [7, 11) is 1.89. The number of nitrogens with zero attached hydrogens (tertiary/aromatic N) is 2. The van der Waals surface area contributed by atoms with Crippen LogP contribution in [0.5, 0.6) is 0 Å². The first kappa shape index (κ1) is 10.8. The van der Waals surface area contributed by atoms with Gasteiger partial charge in [0.2, 0.25) is 0 Å². The van der Waals surface area contributed by atoms with E-state index in [0.29, 0.717) is 12.6 Å². The van der Waals surface area contributed by atoms with Gasteiger partial charge in [-0.3, -0.25) is 9.59 Å². The van der Waals surface area contributed by atoms with Gasteiger partial charge in [-0.25, -0.2) is 4.98 Å². The van der Waals surface area contributed by atoms with Crippen LogP contribution in [0.25, 0.3) is 0 Å². The SMILES string of the molecule is CNC1CCN(C(=O)c2c[nH]c(=O)cn2)C1. The molecule has 0 bridgehead atoms. The zero-order valence-electron chi connectivity index (χ0n) is 9.06. The standard InChI is InChI=1S/C10H14N4O2/c1-11-7-2-3-14(6-7)10(16)8-4-13-9(15)5-12-8/h4-5,7,11H,2-3,6H2,1H3,(H,13,15). The van der Waals surface area contributed by atoms with Crippen LogP contribution < -0.4 is 10.9 Å². The summed E-state index contributed by atoms with van der Waals surface area (Å²) in [6.07, 6.45) is 3.43. The van der Waals surface area contributed by atoms with Crippen molar-refractivity contribution in [2.75, 3.05) is 20.1 Å². The molecule has 1 aliphatic heterocycles. The van der Waals surface area contributed by atoms with E-state index in [1.54, 1.807) is 4.90 Å². The van der Waals surface area contributed by atoms with Crippen LogP contribution in [0, 0.1) is 0 Å². The minimum atomic E-state index is -0.300. The van der Waals surface area contributed by atoms with Crippen LogP contribution >= 0.6 is 0 Å². The molecule has 1 aliphatic rings. The van der Waals surface area contributed by atoms with E-state index in [-0.39, 0.29) is 17.2 Å². The molecule has 1 aromatic heterocycles. The molecule has 2 rings (SSSR count). The van der Waals surface area contributed by atoms with Crippen molar-refractivity contribution in [2.45, 2.75) is 12.5 Å². The van der Waals surface area contributed by atoms with Gasteiger partial charge in [0.05, 0.1) is 6.20 Å². The molecular weight excluding hydrogens is 208 g/mol. The van der Waals surface area contributed by atoms with Gasteiger partial charge in [0.1, 0.15) is 5.69 Å². The van der Waals surface area contributed by atoms with Crippen LogP contribution in [0.3, 0.4) is 0 Å². The maximum Gasteiger partial charge on any atom is 0.274 e. The van der Waals surface area contributed by atoms with Crippen LogP contribution in [-0.2, 0) is 0 Å². The minimum Gasteiger partial charge on any atom is -0.336 e. The first-order valence-corrected chi connectivity index (χ1v) is 5.22. The summed E-state index contributed by atoms with van der Waals surface area (Å²) in [5.74, 6) is -0.131. The largest absolute Gasteiger partial charge is 0.336 e. The summed E-state index contributed by atoms with van der Waals surface area (Å²) < 4.78 is 0. The van der Waals surface area contributed by atoms with Crippen molar-refractivity contribution in [2.24, 2.45) is 0 Å². The van der Waals surface area contributed by atoms with E-state index in [2.05, 4.69) is 15.3 Å². The number of amides is 1. The Morgan fingerprint density at radius 3 is 3.06 bits per heavy atom. The number of aromatic nitrogens is 2. The molecule has 1 saturated heterocycles. The fraction of sp³-hybridized carbons (Fsp3) is 0.500. The molecule has 2 heterocycles. The highest BCUT2D eigenvalue weighted by Gasteiger charge is 2.26. The van der Waals surface area contributed by atoms with Crippen molar-refractivity contribution in [3.05, 3.63) is 28.4 Å². The maximum absolute atomic E-state index is 11.9. The van der Waals surface area contributed by atoms with Gasteiger partial charge < -0.3 is 15.2 Å². The number of likely N-dealkylation sites (tertiary alicyclic amines) is 1. The normalized spacial score (nSPS) is 20.1. The zero-order chi connectivity index (χ0) is 11.5. The Kier molecular flexibility index (Phi) is 3.00. The summed E-state index contributed by atoms with van der Waals surface area (Å²) in [6.45, 7) is 1.42. The molecule has 1 fully saturated rings. The third-order valence-electron chi connectivity index (χ3n) is 2.77. The van der Waals surface area contributed by atoms with Crippen molar-refractivity contribution >= 4 is 5.91 Å². The van der Waals surface area contributed by atoms with Gasteiger partial charge in [-0.2, -0.15) is 0 Å². The van der Waals surface area contributed by atoms with E-state index >= 15 is 0 Å². The Bertz CT molecular complexity index is 422. The van der Waals surface area contributed by atoms with Crippen molar-refractivity contribution in [3.63, 3.8) is 0 Å². The lowest BCUT2D eigenvalue weighted by Crippen LogP contribution is -2.34. The van der Waals surface area contributed by atoms with Gasteiger partial charge >= 0.3 is 0 Å². The monoisotopic (exact) mass is 222 g/mol. The molecule has 1 atom stereocenters. The molecular formula is C10H14N4O2. The lowest BCUT2D eigenvalue weighted by Gasteiger charge is -2.15. The van der Waals surface area contributed by atoms with E-state index in [1.807, 2.05) is 7.05 Å². The van der Waals surface area contributed by atoms with E-state index < -0.39 is 0 Å². The maximum atomic E-state index is 11.9. The number of hydrogen-bond donors (Lipinski definition) is 2. The van der Waals surface area contributed by atoms with E-state index in [4.69, 9.17) is 0 Å². The Morgan fingerprint density at radius 2 is 2.50 bits per heavy atom. The Labute approximate surface area is 92.7 Å². The fourth-order valence-electron chi connectivity index (χ4n) is 1.80. The van der Waals surface area contributed by atoms with Gasteiger partial charge in [0.25, 0.3) is 11.5 Å². The molecule has 0 radical (unpaired) electrons. The summed E-state index contributed by atoms with van der Waals surface area (Å²) in [6, 6.07) is 0.353. The summed E-state index contributed by atoms with van der Waals surface area (Å²) in [4.78, 5) is 30.7. The molecule has 1 unspecified atom stereocenters. The predicted octanol–water partition coefficient (Wildman–Crippen LogP) is -0.796. The molecule has 0 spiro atoms. The van der Waals surface area contributed by atoms with Gasteiger partial charge in [-0.1, -0.05) is 0 Å². The molecule has 0 saturated carbocycles. The smallest absolute Gasteiger partial charge is 0.274 e. The second-order valence-electron chi connectivity index (χ2n) is 3.82. The first-order chi connectivity index (χ1) is 7.70. The lowest BCUT2D eigenvalue weighted by atomic mass is 10.3. The Hall–Kier alpha value is -1.69. The van der Waals surface area contributed by atoms with Crippen LogP contribution in [0.4, 0.5) is 0 Å². The quantitative estimate of drug-likeness (QED) is 0.687. The highest BCUT2D eigenvalue weighted by atomic mass is 16.2. The van der Waals surface area contributed by atoms with Gasteiger partial charge in [-0.05, 0) is 13.5 Å². The highest BCUT2D eigenvalue weighted by molar-refractivity contribution is 5.92. The molecule has 16 heavy (non-hydrogen) atoms. The summed E-state index contributed by atoms with van der Waals surface area (Å²) in [5, 5.41) is 3.14. The molecule has 6 heteroatoms. The number of nitrogens with one attached hydrogen (secondary N) is 2. The van der Waals surface area contributed by atoms with Crippen LogP contribution in [0.15, 0.2) is 17.2 Å². The second-order valence-corrected chi connectivity index (χ2v) is 3.82. The molecule has 0 aromatic carbocycles. The average Bonchev–Trinajstić information content (AvgIpc) is 2.77. The van der Waals surface area contributed by atoms with E-state index in [0.717, 1.165) is 19.2 Å². The van der Waals surface area contributed by atoms with Gasteiger partial charge in [-0.15, -0.1) is 0 Å². The van der Waals surface area contributed by atoms with Crippen LogP contribution in [-0.4, -0.2) is 47.0 Å². The number of likely N-dealkylation sites (N-methyl/N-ethyl adjacent to an activating group) is 1. The lowest BCUT2D eigenvalue weighted by molar-refractivity contribution is 0.0783. The van der Waals surface area contributed by atoms with Gasteiger partial charge in [0, 0.05) is 25.3 Å². The van der Waals surface area contributed by atoms with Crippen molar-refractivity contribution in [1.82, 2.24) is 20.2 Å². The molecule has 86 valence electrons. The topological polar surface area (TPSA) is 78.1 Å². The number of carbonyl (C=O) groups is 1. The summed E-state index contributed by atoms with van der Waals surface area (Å²) in [5.41, 5.74) is -0.0116. The Morgan fingerprint density at radius 1 is 1.69 bits per heavy atom. The Balaban J connectivity index is 2.08. The van der Waals surface area contributed by atoms with E-state index in [9.17, 15) is 9.59 Å². The van der Waals surface area contributed by atoms with Crippen molar-refractivity contribution < 1.29 is 4.79 Å². The predicted molar refractivity (Wildman–Crippen MR) is 58.2 cm³/mol. The molecule has 0 aliphatic carbocycles. The number of hydrogen-bond acceptors (Lipinski definition) is 4. The number of rotatable bonds is 2. The number of carbonyl (C=O) groups excluding carboxylic acids is 1. The van der Waals surface area contributed by atoms with Gasteiger partial charge in [0.15, 0.2) is 0 Å². The highest BCUT2D eigenvalue weighted by Crippen LogP contribution is 2.11. The van der Waals surface area contributed by atoms with E-state index in [1.165, 1.54) is 6.20 Å². The molecule has 1 aromatic rings. The molecule has 6 nitrogen and oxygen atoms in total. The third-order valence-corrected chi connectivity index (χ3v) is 2.77. The van der Waals surface area contributed by atoms with Crippen LogP contribution in [0.2, 0.25) is 0 Å². The van der Waals surface area contributed by atoms with Crippen LogP contribution in [0.1, 0.15) is 16.9 Å². The fourth-order valence-corrected chi connectivity index (χ4v) is 1.80. The number of aromatic amines is 1. The van der Waals surface area contributed by atoms with Crippen molar-refractivity contribution in [3.8, 4) is 0 Å². The third kappa shape index (κ3) is 2.11. The average molecular weight is 222 g/mol. The number of H-pyrrole nitrogens is 1. The molecule has 1 amide bonds. The van der Waals surface area contributed by atoms with Crippen molar-refractivity contribution in [1.29, 1.82) is 0 Å².